The molecule has 0 atom stereocenters. The van der Waals surface area contributed by atoms with Crippen molar-refractivity contribution in [2.45, 2.75) is 31.6 Å². The van der Waals surface area contributed by atoms with Crippen molar-refractivity contribution < 1.29 is 30.7 Å². The molecule has 0 aromatic rings. The number of hydrogen-bond acceptors (Lipinski definition) is 0. The lowest BCUT2D eigenvalue weighted by atomic mass is 9.99. The monoisotopic (exact) mass is 238 g/mol. The molecule has 0 bridgehead atoms. The highest BCUT2D eigenvalue weighted by Gasteiger charge is 2.71. The summed E-state index contributed by atoms with van der Waals surface area (Å²) in [5.41, 5.74) is -1.24. The molecule has 90 valence electrons. The van der Waals surface area contributed by atoms with Crippen LogP contribution >= 0.6 is 0 Å². The third kappa shape index (κ3) is 2.10. The van der Waals surface area contributed by atoms with E-state index >= 15 is 0 Å². The molecule has 0 nitrogen and oxygen atoms in total. The molecule has 0 saturated carbocycles. The number of hydrogen-bond donors (Lipinski definition) is 0. The van der Waals surface area contributed by atoms with E-state index in [1.54, 1.807) is 0 Å². The van der Waals surface area contributed by atoms with Crippen LogP contribution in [0.25, 0.3) is 0 Å². The lowest BCUT2D eigenvalue weighted by Crippen LogP contribution is -2.55. The van der Waals surface area contributed by atoms with Crippen LogP contribution in [-0.2, 0) is 0 Å². The van der Waals surface area contributed by atoms with E-state index in [4.69, 9.17) is 0 Å². The van der Waals surface area contributed by atoms with Crippen molar-refractivity contribution in [3.63, 3.8) is 0 Å². The first kappa shape index (κ1) is 14.2. The van der Waals surface area contributed by atoms with E-state index in [-0.39, 0.29) is 0 Å². The Morgan fingerprint density at radius 2 is 1.47 bits per heavy atom. The fourth-order valence-corrected chi connectivity index (χ4v) is 0.743. The first-order valence-corrected chi connectivity index (χ1v) is 3.87. The predicted molar refractivity (Wildman–Crippen MR) is 40.2 cm³/mol. The maximum Gasteiger partial charge on any atom is 0.378 e. The average Bonchev–Trinajstić information content (AvgIpc) is 2.15. The normalized spacial score (nSPS) is 15.7. The van der Waals surface area contributed by atoms with Crippen molar-refractivity contribution in [1.29, 1.82) is 0 Å². The summed E-state index contributed by atoms with van der Waals surface area (Å²) in [5.74, 6) is -16.2. The third-order valence-corrected chi connectivity index (χ3v) is 1.95. The van der Waals surface area contributed by atoms with Crippen molar-refractivity contribution in [3.8, 4) is 0 Å². The zero-order valence-electron chi connectivity index (χ0n) is 7.93. The quantitative estimate of drug-likeness (QED) is 0.515. The summed E-state index contributed by atoms with van der Waals surface area (Å²) >= 11 is 0. The molecule has 0 heterocycles. The topological polar surface area (TPSA) is 0 Å². The second-order valence-corrected chi connectivity index (χ2v) is 2.96. The Balaban J connectivity index is 5.37. The minimum absolute atomic E-state index is 0.572. The van der Waals surface area contributed by atoms with Gasteiger partial charge in [0.1, 0.15) is 0 Å². The van der Waals surface area contributed by atoms with Crippen molar-refractivity contribution in [1.82, 2.24) is 0 Å². The van der Waals surface area contributed by atoms with Gasteiger partial charge in [0.2, 0.25) is 0 Å². The molecule has 0 spiro atoms. The Hall–Kier alpha value is -0.750. The summed E-state index contributed by atoms with van der Waals surface area (Å²) in [6.45, 7) is -1.28. The van der Waals surface area contributed by atoms with E-state index in [1.807, 2.05) is 0 Å². The molecular formula is C8H9F7. The van der Waals surface area contributed by atoms with Crippen LogP contribution < -0.4 is 0 Å². The maximum atomic E-state index is 12.8. The Morgan fingerprint density at radius 3 is 1.73 bits per heavy atom. The fourth-order valence-electron chi connectivity index (χ4n) is 0.743. The molecule has 0 radical (unpaired) electrons. The van der Waals surface area contributed by atoms with Crippen LogP contribution in [0.3, 0.4) is 0 Å². The molecule has 0 N–H and O–H groups in total. The van der Waals surface area contributed by atoms with Crippen molar-refractivity contribution >= 4 is 0 Å². The van der Waals surface area contributed by atoms with Gasteiger partial charge in [0.05, 0.1) is 0 Å². The van der Waals surface area contributed by atoms with Gasteiger partial charge in [0.15, 0.2) is 6.67 Å². The molecule has 0 amide bonds. The third-order valence-electron chi connectivity index (χ3n) is 1.95. The standard InChI is InChI=1S/C8H9F7/c1-3-5(2)7(12,13)8(14,15)6(10,11)4-9/h3H,4H2,1-2H3/b5-3+. The van der Waals surface area contributed by atoms with Crippen LogP contribution in [-0.4, -0.2) is 24.4 Å². The number of halogens is 7. The van der Waals surface area contributed by atoms with Crippen LogP contribution in [0.4, 0.5) is 30.7 Å². The first-order chi connectivity index (χ1) is 6.54. The van der Waals surface area contributed by atoms with E-state index in [0.717, 1.165) is 6.92 Å². The maximum absolute atomic E-state index is 12.8. The highest BCUT2D eigenvalue weighted by molar-refractivity contribution is 5.17. The van der Waals surface area contributed by atoms with E-state index < -0.39 is 30.0 Å². The summed E-state index contributed by atoms with van der Waals surface area (Å²) < 4.78 is 87.1. The molecule has 0 aliphatic rings. The summed E-state index contributed by atoms with van der Waals surface area (Å²) in [6.07, 6.45) is 0.572. The highest BCUT2D eigenvalue weighted by atomic mass is 19.3. The number of alkyl halides is 7. The van der Waals surface area contributed by atoms with Crippen LogP contribution in [0.5, 0.6) is 0 Å². The molecule has 0 aliphatic heterocycles. The van der Waals surface area contributed by atoms with Crippen molar-refractivity contribution in [2.75, 3.05) is 6.67 Å². The van der Waals surface area contributed by atoms with Crippen LogP contribution in [0.2, 0.25) is 0 Å². The van der Waals surface area contributed by atoms with E-state index in [0.29, 0.717) is 13.0 Å². The molecule has 0 unspecified atom stereocenters. The van der Waals surface area contributed by atoms with Gasteiger partial charge >= 0.3 is 17.8 Å². The summed E-state index contributed by atoms with van der Waals surface area (Å²) in [6, 6.07) is 0. The van der Waals surface area contributed by atoms with Crippen molar-refractivity contribution in [2.24, 2.45) is 0 Å². The van der Waals surface area contributed by atoms with Gasteiger partial charge in [-0.1, -0.05) is 6.08 Å². The summed E-state index contributed by atoms with van der Waals surface area (Å²) in [7, 11) is 0. The van der Waals surface area contributed by atoms with Gasteiger partial charge in [-0.25, -0.2) is 4.39 Å². The largest absolute Gasteiger partial charge is 0.378 e. The number of rotatable bonds is 4. The molecule has 7 heteroatoms. The Bertz CT molecular complexity index is 254. The van der Waals surface area contributed by atoms with Crippen molar-refractivity contribution in [3.05, 3.63) is 11.6 Å². The van der Waals surface area contributed by atoms with Gasteiger partial charge < -0.3 is 0 Å². The zero-order chi connectivity index (χ0) is 12.5. The highest BCUT2D eigenvalue weighted by Crippen LogP contribution is 2.49. The molecule has 0 aromatic heterocycles. The van der Waals surface area contributed by atoms with Crippen LogP contribution in [0.1, 0.15) is 13.8 Å². The van der Waals surface area contributed by atoms with Gasteiger partial charge in [-0.2, -0.15) is 26.3 Å². The van der Waals surface area contributed by atoms with Crippen LogP contribution in [0.15, 0.2) is 11.6 Å². The lowest BCUT2D eigenvalue weighted by molar-refractivity contribution is -0.298. The van der Waals surface area contributed by atoms with Gasteiger partial charge in [-0.15, -0.1) is 0 Å². The molecule has 0 fully saturated rings. The summed E-state index contributed by atoms with van der Waals surface area (Å²) in [5, 5.41) is 0. The number of allylic oxidation sites excluding steroid dienone is 2. The molecule has 0 aromatic carbocycles. The van der Waals surface area contributed by atoms with Gasteiger partial charge in [0, 0.05) is 0 Å². The Labute approximate surface area is 81.8 Å². The van der Waals surface area contributed by atoms with Gasteiger partial charge in [-0.3, -0.25) is 0 Å². The van der Waals surface area contributed by atoms with Crippen LogP contribution in [0, 0.1) is 0 Å². The fraction of sp³-hybridized carbons (Fsp3) is 0.750. The smallest absolute Gasteiger partial charge is 0.244 e. The molecule has 15 heavy (non-hydrogen) atoms. The average molecular weight is 238 g/mol. The lowest BCUT2D eigenvalue weighted by Gasteiger charge is -2.31. The predicted octanol–water partition coefficient (Wildman–Crippen LogP) is 3.83. The minimum atomic E-state index is -5.74. The second kappa shape index (κ2) is 4.02. The zero-order valence-corrected chi connectivity index (χ0v) is 7.93. The summed E-state index contributed by atoms with van der Waals surface area (Å²) in [4.78, 5) is 0. The SMILES string of the molecule is C/C=C(\C)C(F)(F)C(F)(F)C(F)(F)CF. The minimum Gasteiger partial charge on any atom is -0.244 e. The van der Waals surface area contributed by atoms with E-state index in [1.165, 1.54) is 0 Å². The molecule has 0 aliphatic carbocycles. The van der Waals surface area contributed by atoms with Gasteiger partial charge in [0.25, 0.3) is 0 Å². The molecule has 0 saturated heterocycles. The Morgan fingerprint density at radius 1 is 1.07 bits per heavy atom. The van der Waals surface area contributed by atoms with E-state index in [2.05, 4.69) is 0 Å². The van der Waals surface area contributed by atoms with E-state index in [9.17, 15) is 30.7 Å². The van der Waals surface area contributed by atoms with Gasteiger partial charge in [-0.05, 0) is 19.4 Å². The first-order valence-electron chi connectivity index (χ1n) is 3.87. The Kier molecular flexibility index (Phi) is 3.82. The second-order valence-electron chi connectivity index (χ2n) is 2.96. The molecular weight excluding hydrogens is 229 g/mol. The molecule has 0 rings (SSSR count).